The molecule has 2 fully saturated rings. The highest BCUT2D eigenvalue weighted by Crippen LogP contribution is 2.28. The van der Waals surface area contributed by atoms with Gasteiger partial charge in [-0.2, -0.15) is 0 Å². The third-order valence-electron chi connectivity index (χ3n) is 4.14. The van der Waals surface area contributed by atoms with Crippen LogP contribution in [0, 0.1) is 6.92 Å². The third-order valence-corrected chi connectivity index (χ3v) is 4.14. The van der Waals surface area contributed by atoms with E-state index in [0.717, 1.165) is 0 Å². The van der Waals surface area contributed by atoms with Gasteiger partial charge in [-0.05, 0) is 6.42 Å². The summed E-state index contributed by atoms with van der Waals surface area (Å²) >= 11 is 0. The Morgan fingerprint density at radius 3 is 1.74 bits per heavy atom. The molecule has 9 N–H and O–H groups in total. The Kier molecular flexibility index (Phi) is 10.5. The molecule has 0 bridgehead atoms. The molecule has 12 nitrogen and oxygen atoms in total. The fourth-order valence-electron chi connectivity index (χ4n) is 2.57. The molecule has 0 aromatic heterocycles. The van der Waals surface area contributed by atoms with E-state index in [9.17, 15) is 35.7 Å². The molecule has 1 radical (unpaired) electrons. The van der Waals surface area contributed by atoms with Gasteiger partial charge in [-0.15, -0.1) is 0 Å². The van der Waals surface area contributed by atoms with Crippen molar-refractivity contribution in [2.45, 2.75) is 67.8 Å². The molecule has 0 aliphatic carbocycles. The Balaban J connectivity index is 0.000000828. The molecule has 2 saturated heterocycles. The summed E-state index contributed by atoms with van der Waals surface area (Å²) in [5.41, 5.74) is 0. The van der Waals surface area contributed by atoms with E-state index in [0.29, 0.717) is 6.42 Å². The van der Waals surface area contributed by atoms with Crippen molar-refractivity contribution in [1.82, 2.24) is 0 Å². The first-order chi connectivity index (χ1) is 12.7. The Hall–Kier alpha value is -0.480. The zero-order valence-electron chi connectivity index (χ0n) is 14.6. The van der Waals surface area contributed by atoms with Gasteiger partial charge >= 0.3 is 0 Å². The van der Waals surface area contributed by atoms with Crippen molar-refractivity contribution in [3.05, 3.63) is 6.92 Å². The second-order valence-electron chi connectivity index (χ2n) is 6.10. The van der Waals surface area contributed by atoms with Crippen LogP contribution < -0.4 is 0 Å². The normalized spacial score (nSPS) is 45.1. The summed E-state index contributed by atoms with van der Waals surface area (Å²) in [5.74, 6) is 0. The van der Waals surface area contributed by atoms with E-state index >= 15 is 0 Å². The lowest BCUT2D eigenvalue weighted by Gasteiger charge is -2.45. The fourth-order valence-corrected chi connectivity index (χ4v) is 2.57. The molecule has 0 amide bonds. The molecule has 10 atom stereocenters. The number of hydrogen-bond donors (Lipinski definition) is 9. The predicted octanol–water partition coefficient (Wildman–Crippen LogP) is -5.19. The lowest BCUT2D eigenvalue weighted by atomic mass is 9.97. The molecule has 2 rings (SSSR count). The van der Waals surface area contributed by atoms with E-state index < -0.39 is 74.6 Å². The maximum Gasteiger partial charge on any atom is 0.187 e. The maximum atomic E-state index is 9.94. The number of aliphatic hydroxyl groups excluding tert-OH is 9. The van der Waals surface area contributed by atoms with Crippen molar-refractivity contribution < 1.29 is 60.2 Å². The largest absolute Gasteiger partial charge is 0.396 e. The van der Waals surface area contributed by atoms with E-state index in [2.05, 4.69) is 6.92 Å². The highest BCUT2D eigenvalue weighted by molar-refractivity contribution is 4.93. The van der Waals surface area contributed by atoms with Crippen LogP contribution in [0.4, 0.5) is 0 Å². The summed E-state index contributed by atoms with van der Waals surface area (Å²) < 4.78 is 15.3. The second kappa shape index (κ2) is 11.5. The van der Waals surface area contributed by atoms with E-state index in [1.54, 1.807) is 0 Å². The molecular weight excluding hydrogens is 372 g/mol. The van der Waals surface area contributed by atoms with Gasteiger partial charge in [-0.3, -0.25) is 0 Å². The molecule has 2 heterocycles. The van der Waals surface area contributed by atoms with Crippen LogP contribution in [-0.2, 0) is 14.2 Å². The molecule has 27 heavy (non-hydrogen) atoms. The summed E-state index contributed by atoms with van der Waals surface area (Å²) in [6, 6.07) is 0. The van der Waals surface area contributed by atoms with Gasteiger partial charge in [0.05, 0.1) is 13.2 Å². The van der Waals surface area contributed by atoms with Gasteiger partial charge in [-0.1, -0.05) is 6.92 Å². The van der Waals surface area contributed by atoms with Crippen LogP contribution in [0.15, 0.2) is 0 Å². The number of rotatable bonds is 5. The molecule has 0 saturated carbocycles. The van der Waals surface area contributed by atoms with Crippen LogP contribution in [0.5, 0.6) is 0 Å². The predicted molar refractivity (Wildman–Crippen MR) is 85.7 cm³/mol. The summed E-state index contributed by atoms with van der Waals surface area (Å²) in [5, 5.41) is 84.3. The van der Waals surface area contributed by atoms with Crippen molar-refractivity contribution >= 4 is 0 Å². The first-order valence-corrected chi connectivity index (χ1v) is 8.40. The van der Waals surface area contributed by atoms with Crippen LogP contribution in [0.25, 0.3) is 0 Å². The molecule has 0 aromatic rings. The first kappa shape index (κ1) is 24.6. The van der Waals surface area contributed by atoms with Gasteiger partial charge in [0.25, 0.3) is 0 Å². The Labute approximate surface area is 155 Å². The quantitative estimate of drug-likeness (QED) is 0.212. The zero-order chi connectivity index (χ0) is 20.7. The van der Waals surface area contributed by atoms with Crippen LogP contribution in [0.1, 0.15) is 6.42 Å². The van der Waals surface area contributed by atoms with Gasteiger partial charge in [0.1, 0.15) is 48.8 Å². The molecule has 10 unspecified atom stereocenters. The topological polar surface area (TPSA) is 210 Å². The van der Waals surface area contributed by atoms with Gasteiger partial charge < -0.3 is 60.2 Å². The van der Waals surface area contributed by atoms with Crippen molar-refractivity contribution in [3.63, 3.8) is 0 Å². The average molecular weight is 401 g/mol. The minimum Gasteiger partial charge on any atom is -0.396 e. The monoisotopic (exact) mass is 401 g/mol. The molecule has 2 aliphatic rings. The Morgan fingerprint density at radius 1 is 0.704 bits per heavy atom. The lowest BCUT2D eigenvalue weighted by Crippen LogP contribution is -2.64. The van der Waals surface area contributed by atoms with Crippen molar-refractivity contribution in [3.8, 4) is 0 Å². The Morgan fingerprint density at radius 2 is 1.26 bits per heavy atom. The number of ether oxygens (including phenoxy) is 3. The summed E-state index contributed by atoms with van der Waals surface area (Å²) in [4.78, 5) is 0. The number of aliphatic hydroxyl groups is 9. The molecule has 2 aliphatic heterocycles. The first-order valence-electron chi connectivity index (χ1n) is 8.40. The van der Waals surface area contributed by atoms with Gasteiger partial charge in [0.15, 0.2) is 12.6 Å². The lowest BCUT2D eigenvalue weighted by molar-refractivity contribution is -0.355. The molecule has 0 spiro atoms. The summed E-state index contributed by atoms with van der Waals surface area (Å²) in [6.07, 6.45) is -14.9. The van der Waals surface area contributed by atoms with E-state index in [1.807, 2.05) is 0 Å². The van der Waals surface area contributed by atoms with Crippen LogP contribution in [0.3, 0.4) is 0 Å². The third kappa shape index (κ3) is 6.00. The zero-order valence-corrected chi connectivity index (χ0v) is 14.6. The van der Waals surface area contributed by atoms with Crippen LogP contribution in [0.2, 0.25) is 0 Å². The van der Waals surface area contributed by atoms with Gasteiger partial charge in [-0.25, -0.2) is 0 Å². The molecule has 12 heteroatoms. The standard InChI is InChI=1S/C12H22O11.C3H7O/c13-1-3-5(15)6(16)9(19)12(22-3)23-10-4(2-14)21-11(20)8(18)7(10)17;1-2-3-4/h3-20H,1-2H2;4H,1-3H2. The maximum absolute atomic E-state index is 9.94. The minimum absolute atomic E-state index is 0.208. The van der Waals surface area contributed by atoms with Crippen molar-refractivity contribution in [2.24, 2.45) is 0 Å². The van der Waals surface area contributed by atoms with Crippen LogP contribution in [-0.4, -0.2) is 127 Å². The van der Waals surface area contributed by atoms with Crippen LogP contribution >= 0.6 is 0 Å². The summed E-state index contributed by atoms with van der Waals surface area (Å²) in [6.45, 7) is 2.22. The number of hydrogen-bond acceptors (Lipinski definition) is 12. The average Bonchev–Trinajstić information content (AvgIpc) is 2.68. The fraction of sp³-hybridized carbons (Fsp3) is 0.933. The van der Waals surface area contributed by atoms with E-state index in [4.69, 9.17) is 24.4 Å². The van der Waals surface area contributed by atoms with E-state index in [1.165, 1.54) is 0 Å². The van der Waals surface area contributed by atoms with Gasteiger partial charge in [0, 0.05) is 6.61 Å². The molecular formula is C15H29O12. The Bertz CT molecular complexity index is 406. The van der Waals surface area contributed by atoms with Crippen molar-refractivity contribution in [1.29, 1.82) is 0 Å². The minimum atomic E-state index is -1.74. The highest BCUT2D eigenvalue weighted by Gasteiger charge is 2.50. The van der Waals surface area contributed by atoms with E-state index in [-0.39, 0.29) is 6.61 Å². The second-order valence-corrected chi connectivity index (χ2v) is 6.10. The SMILES string of the molecule is OCC1OC(OC2C(CO)OC(O)C(O)C2O)C(O)C(O)C1O.[CH2]CCO. The molecule has 0 aromatic carbocycles. The highest BCUT2D eigenvalue weighted by atomic mass is 16.7. The molecule has 161 valence electrons. The summed E-state index contributed by atoms with van der Waals surface area (Å²) in [7, 11) is 0. The smallest absolute Gasteiger partial charge is 0.187 e. The van der Waals surface area contributed by atoms with Gasteiger partial charge in [0.2, 0.25) is 0 Å². The van der Waals surface area contributed by atoms with Crippen molar-refractivity contribution in [2.75, 3.05) is 19.8 Å².